The normalized spacial score (nSPS) is 19.2. The number of allylic oxidation sites excluding steroid dienone is 3. The molecule has 0 amide bonds. The molecule has 0 radical (unpaired) electrons. The second kappa shape index (κ2) is 7.86. The van der Waals surface area contributed by atoms with Gasteiger partial charge in [0.1, 0.15) is 5.82 Å². The molecule has 4 nitrogen and oxygen atoms in total. The van der Waals surface area contributed by atoms with Crippen LogP contribution >= 0.6 is 0 Å². The van der Waals surface area contributed by atoms with Crippen LogP contribution in [0, 0.1) is 25.2 Å². The van der Waals surface area contributed by atoms with Gasteiger partial charge in [-0.2, -0.15) is 18.4 Å². The van der Waals surface area contributed by atoms with E-state index >= 15 is 0 Å². The summed E-state index contributed by atoms with van der Waals surface area (Å²) in [4.78, 5) is 14.4. The van der Waals surface area contributed by atoms with Crippen molar-refractivity contribution in [3.63, 3.8) is 0 Å². The Kier molecular flexibility index (Phi) is 5.33. The van der Waals surface area contributed by atoms with Crippen molar-refractivity contribution in [2.45, 2.75) is 45.2 Å². The highest BCUT2D eigenvalue weighted by Crippen LogP contribution is 2.49. The van der Waals surface area contributed by atoms with Crippen LogP contribution in [0.1, 0.15) is 47.4 Å². The lowest BCUT2D eigenvalue weighted by Gasteiger charge is -2.40. The van der Waals surface area contributed by atoms with E-state index in [1.165, 1.54) is 23.1 Å². The minimum absolute atomic E-state index is 0.0670. The molecular weight excluding hydrogens is 415 g/mol. The van der Waals surface area contributed by atoms with E-state index in [0.717, 1.165) is 22.8 Å². The molecule has 7 heteroatoms. The smallest absolute Gasteiger partial charge is 0.384 e. The number of anilines is 1. The number of alkyl halides is 3. The van der Waals surface area contributed by atoms with E-state index in [9.17, 15) is 23.2 Å². The van der Waals surface area contributed by atoms with Gasteiger partial charge in [-0.15, -0.1) is 0 Å². The molecule has 1 aliphatic heterocycles. The Hall–Kier alpha value is -3.53. The van der Waals surface area contributed by atoms with Crippen LogP contribution in [0.3, 0.4) is 0 Å². The Balaban J connectivity index is 2.02. The predicted octanol–water partition coefficient (Wildman–Crippen LogP) is 5.63. The summed E-state index contributed by atoms with van der Waals surface area (Å²) < 4.78 is 41.4. The summed E-state index contributed by atoms with van der Waals surface area (Å²) in [7, 11) is 0. The first kappa shape index (κ1) is 21.7. The highest BCUT2D eigenvalue weighted by Gasteiger charge is 2.43. The quantitative estimate of drug-likeness (QED) is 0.661. The van der Waals surface area contributed by atoms with Crippen molar-refractivity contribution in [3.05, 3.63) is 87.4 Å². The Labute approximate surface area is 184 Å². The molecule has 164 valence electrons. The lowest BCUT2D eigenvalue weighted by Crippen LogP contribution is -2.39. The zero-order valence-electron chi connectivity index (χ0n) is 17.8. The topological polar surface area (TPSA) is 70.1 Å². The monoisotopic (exact) mass is 437 g/mol. The molecule has 32 heavy (non-hydrogen) atoms. The third-order valence-corrected chi connectivity index (χ3v) is 6.10. The second-order valence-electron chi connectivity index (χ2n) is 8.19. The molecule has 2 aromatic carbocycles. The van der Waals surface area contributed by atoms with E-state index < -0.39 is 17.7 Å². The number of rotatable bonds is 2. The van der Waals surface area contributed by atoms with Gasteiger partial charge in [-0.1, -0.05) is 35.9 Å². The van der Waals surface area contributed by atoms with E-state index in [-0.39, 0.29) is 29.3 Å². The number of carbonyl (C=O) groups excluding carboxylic acids is 1. The molecule has 4 rings (SSSR count). The molecule has 2 N–H and O–H groups in total. The lowest BCUT2D eigenvalue weighted by molar-refractivity contribution is -0.137. The first-order valence-electron chi connectivity index (χ1n) is 10.3. The highest BCUT2D eigenvalue weighted by atomic mass is 19.4. The van der Waals surface area contributed by atoms with Crippen LogP contribution in [0.25, 0.3) is 0 Å². The van der Waals surface area contributed by atoms with Crippen molar-refractivity contribution < 1.29 is 18.0 Å². The van der Waals surface area contributed by atoms with Gasteiger partial charge >= 0.3 is 6.18 Å². The second-order valence-corrected chi connectivity index (χ2v) is 8.19. The molecule has 1 atom stereocenters. The van der Waals surface area contributed by atoms with Crippen molar-refractivity contribution in [2.24, 2.45) is 5.73 Å². The van der Waals surface area contributed by atoms with E-state index in [1.807, 2.05) is 32.0 Å². The van der Waals surface area contributed by atoms with Crippen LogP contribution in [0.5, 0.6) is 0 Å². The van der Waals surface area contributed by atoms with E-state index in [0.29, 0.717) is 24.1 Å². The third-order valence-electron chi connectivity index (χ3n) is 6.10. The van der Waals surface area contributed by atoms with E-state index in [4.69, 9.17) is 5.73 Å². The maximum Gasteiger partial charge on any atom is 0.418 e. The predicted molar refractivity (Wildman–Crippen MR) is 115 cm³/mol. The molecule has 0 aromatic heterocycles. The van der Waals surface area contributed by atoms with Crippen LogP contribution in [0.2, 0.25) is 0 Å². The number of hydrogen-bond acceptors (Lipinski definition) is 4. The minimum Gasteiger partial charge on any atom is -0.384 e. The highest BCUT2D eigenvalue weighted by molar-refractivity contribution is 6.01. The number of ketones is 1. The Morgan fingerprint density at radius 3 is 2.50 bits per heavy atom. The van der Waals surface area contributed by atoms with Gasteiger partial charge in [0.15, 0.2) is 5.78 Å². The number of benzene rings is 2. The van der Waals surface area contributed by atoms with E-state index in [1.54, 1.807) is 0 Å². The van der Waals surface area contributed by atoms with Gasteiger partial charge in [0.2, 0.25) is 0 Å². The zero-order chi connectivity index (χ0) is 23.2. The molecule has 0 unspecified atom stereocenters. The van der Waals surface area contributed by atoms with Crippen molar-refractivity contribution >= 4 is 11.5 Å². The molecule has 0 bridgehead atoms. The number of aryl methyl sites for hydroxylation is 2. The average molecular weight is 437 g/mol. The standard InChI is InChI=1S/C25H22F3N3O/c1-14-10-11-16(15(2)12-14)22-17(13-29)24(30)31(20-8-5-9-21(32)23(20)22)19-7-4-3-6-18(19)25(26,27)28/h3-4,6-7,10-12,22H,5,8-9,30H2,1-2H3/t22-/m1/s1. The summed E-state index contributed by atoms with van der Waals surface area (Å²) in [6.07, 6.45) is -3.42. The number of nitriles is 1. The minimum atomic E-state index is -4.62. The summed E-state index contributed by atoms with van der Waals surface area (Å²) in [5.74, 6) is -0.925. The summed E-state index contributed by atoms with van der Waals surface area (Å²) in [5, 5.41) is 10.0. The van der Waals surface area contributed by atoms with Crippen LogP contribution in [0.4, 0.5) is 18.9 Å². The molecule has 0 saturated carbocycles. The lowest BCUT2D eigenvalue weighted by atomic mass is 9.74. The fourth-order valence-corrected chi connectivity index (χ4v) is 4.73. The number of halogens is 3. The SMILES string of the molecule is Cc1ccc([C@@H]2C(C#N)=C(N)N(c3ccccc3C(F)(F)F)C3=C2C(=O)CCC3)c(C)c1. The Bertz CT molecular complexity index is 1220. The van der Waals surface area contributed by atoms with Crippen molar-refractivity contribution in [1.29, 1.82) is 5.26 Å². The summed E-state index contributed by atoms with van der Waals surface area (Å²) in [5.41, 5.74) is 8.95. The molecule has 1 heterocycles. The van der Waals surface area contributed by atoms with Gasteiger partial charge in [-0.25, -0.2) is 0 Å². The number of carbonyl (C=O) groups is 1. The van der Waals surface area contributed by atoms with Crippen molar-refractivity contribution in [1.82, 2.24) is 0 Å². The average Bonchev–Trinajstić information content (AvgIpc) is 2.73. The largest absolute Gasteiger partial charge is 0.418 e. The molecule has 0 spiro atoms. The van der Waals surface area contributed by atoms with Gasteiger partial charge in [0.05, 0.1) is 28.8 Å². The van der Waals surface area contributed by atoms with Gasteiger partial charge in [0.25, 0.3) is 0 Å². The van der Waals surface area contributed by atoms with E-state index in [2.05, 4.69) is 6.07 Å². The number of Topliss-reactive ketones (excluding diaryl/α,β-unsaturated/α-hetero) is 1. The number of hydrogen-bond donors (Lipinski definition) is 1. The first-order chi connectivity index (χ1) is 15.1. The molecule has 2 aliphatic rings. The Morgan fingerprint density at radius 2 is 1.84 bits per heavy atom. The van der Waals surface area contributed by atoms with Crippen LogP contribution < -0.4 is 10.6 Å². The van der Waals surface area contributed by atoms with Crippen LogP contribution in [0.15, 0.2) is 65.1 Å². The summed E-state index contributed by atoms with van der Waals surface area (Å²) in [6, 6.07) is 12.9. The fourth-order valence-electron chi connectivity index (χ4n) is 4.73. The maximum atomic E-state index is 13.8. The molecular formula is C25H22F3N3O. The van der Waals surface area contributed by atoms with Crippen LogP contribution in [-0.2, 0) is 11.0 Å². The number of nitrogens with zero attached hydrogens (tertiary/aromatic N) is 2. The van der Waals surface area contributed by atoms with Gasteiger partial charge in [0, 0.05) is 17.7 Å². The fraction of sp³-hybridized carbons (Fsp3) is 0.280. The third kappa shape index (κ3) is 3.46. The van der Waals surface area contributed by atoms with Gasteiger partial charge < -0.3 is 5.73 Å². The van der Waals surface area contributed by atoms with Gasteiger partial charge in [-0.3, -0.25) is 9.69 Å². The summed E-state index contributed by atoms with van der Waals surface area (Å²) in [6.45, 7) is 3.84. The van der Waals surface area contributed by atoms with Crippen molar-refractivity contribution in [2.75, 3.05) is 4.90 Å². The molecule has 1 aliphatic carbocycles. The number of nitrogens with two attached hydrogens (primary N) is 1. The Morgan fingerprint density at radius 1 is 1.12 bits per heavy atom. The molecule has 0 fully saturated rings. The van der Waals surface area contributed by atoms with Gasteiger partial charge in [-0.05, 0) is 49.9 Å². The number of para-hydroxylation sites is 1. The zero-order valence-corrected chi connectivity index (χ0v) is 17.8. The molecule has 0 saturated heterocycles. The maximum absolute atomic E-state index is 13.8. The van der Waals surface area contributed by atoms with Crippen molar-refractivity contribution in [3.8, 4) is 6.07 Å². The molecule has 2 aromatic rings. The van der Waals surface area contributed by atoms with Crippen LogP contribution in [-0.4, -0.2) is 5.78 Å². The summed E-state index contributed by atoms with van der Waals surface area (Å²) >= 11 is 0. The first-order valence-corrected chi connectivity index (χ1v) is 10.3.